The second kappa shape index (κ2) is 4.82. The van der Waals surface area contributed by atoms with Crippen LogP contribution in [0.1, 0.15) is 0 Å². The van der Waals surface area contributed by atoms with E-state index in [-0.39, 0.29) is 10.0 Å². The molecule has 0 spiro atoms. The molecule has 8 heteroatoms. The largest absolute Gasteiger partial charge is 0.483 e. The van der Waals surface area contributed by atoms with Crippen molar-refractivity contribution in [2.75, 3.05) is 0 Å². The minimum Gasteiger partial charge on any atom is -0.424 e. The van der Waals surface area contributed by atoms with E-state index in [1.54, 1.807) is 0 Å². The van der Waals surface area contributed by atoms with E-state index < -0.39 is 17.8 Å². The lowest BCUT2D eigenvalue weighted by Gasteiger charge is -2.16. The Balaban J connectivity index is 2.95. The van der Waals surface area contributed by atoms with E-state index in [9.17, 15) is 13.6 Å². The van der Waals surface area contributed by atoms with Gasteiger partial charge < -0.3 is 4.74 Å². The Labute approximate surface area is 99.2 Å². The average molecular weight is 271 g/mol. The molecule has 0 aliphatic heterocycles. The third-order valence-electron chi connectivity index (χ3n) is 1.53. The molecule has 0 saturated carbocycles. The van der Waals surface area contributed by atoms with E-state index in [0.29, 0.717) is 0 Å². The van der Waals surface area contributed by atoms with Crippen molar-refractivity contribution in [2.24, 2.45) is 5.84 Å². The van der Waals surface area contributed by atoms with Crippen molar-refractivity contribution in [1.29, 1.82) is 0 Å². The topological polar surface area (TPSA) is 64.3 Å². The quantitative estimate of drug-likeness (QED) is 0.501. The Morgan fingerprint density at radius 2 is 2.06 bits per heavy atom. The predicted octanol–water partition coefficient (Wildman–Crippen LogP) is 1.95. The standard InChI is InChI=1S/C8H6Cl2F2N2O2/c9-4-1-2-5(10)6(3-4)16-8(11,12)7(15)14-13/h1-3H,13H2,(H,14,15). The molecule has 88 valence electrons. The molecule has 0 bridgehead atoms. The van der Waals surface area contributed by atoms with E-state index in [1.807, 2.05) is 0 Å². The van der Waals surface area contributed by atoms with Crippen molar-refractivity contribution < 1.29 is 18.3 Å². The molecule has 0 saturated heterocycles. The van der Waals surface area contributed by atoms with Gasteiger partial charge in [0.2, 0.25) is 0 Å². The van der Waals surface area contributed by atoms with Gasteiger partial charge in [-0.2, -0.15) is 8.78 Å². The highest BCUT2D eigenvalue weighted by Crippen LogP contribution is 2.31. The van der Waals surface area contributed by atoms with Crippen LogP contribution in [0.15, 0.2) is 18.2 Å². The molecule has 0 unspecified atom stereocenters. The molecule has 3 N–H and O–H groups in total. The number of hydrazine groups is 1. The number of carbonyl (C=O) groups excluding carboxylic acids is 1. The van der Waals surface area contributed by atoms with E-state index in [2.05, 4.69) is 10.6 Å². The van der Waals surface area contributed by atoms with Gasteiger partial charge in [-0.1, -0.05) is 23.2 Å². The summed E-state index contributed by atoms with van der Waals surface area (Å²) >= 11 is 11.1. The lowest BCUT2D eigenvalue weighted by Crippen LogP contribution is -2.47. The number of hydrogen-bond donors (Lipinski definition) is 2. The van der Waals surface area contributed by atoms with Crippen molar-refractivity contribution in [3.05, 3.63) is 28.2 Å². The van der Waals surface area contributed by atoms with Gasteiger partial charge in [0.15, 0.2) is 0 Å². The number of carbonyl (C=O) groups is 1. The molecular formula is C8H6Cl2F2N2O2. The SMILES string of the molecule is NNC(=O)C(F)(F)Oc1cc(Cl)ccc1Cl. The summed E-state index contributed by atoms with van der Waals surface area (Å²) in [6, 6.07) is 3.70. The number of hydrogen-bond acceptors (Lipinski definition) is 3. The zero-order valence-corrected chi connectivity index (χ0v) is 9.15. The number of nitrogens with one attached hydrogen (secondary N) is 1. The van der Waals surface area contributed by atoms with Crippen LogP contribution in [-0.2, 0) is 4.79 Å². The fourth-order valence-corrected chi connectivity index (χ4v) is 1.14. The number of halogens is 4. The van der Waals surface area contributed by atoms with Gasteiger partial charge in [-0.15, -0.1) is 0 Å². The van der Waals surface area contributed by atoms with Crippen LogP contribution < -0.4 is 16.0 Å². The summed E-state index contributed by atoms with van der Waals surface area (Å²) in [5, 5.41) is 0.0391. The molecular weight excluding hydrogens is 265 g/mol. The van der Waals surface area contributed by atoms with Gasteiger partial charge in [-0.25, -0.2) is 5.84 Å². The summed E-state index contributed by atoms with van der Waals surface area (Å²) in [6.45, 7) is 0. The van der Waals surface area contributed by atoms with Crippen LogP contribution in [0.25, 0.3) is 0 Å². The fourth-order valence-electron chi connectivity index (χ4n) is 0.824. The summed E-state index contributed by atoms with van der Waals surface area (Å²) in [5.74, 6) is 2.36. The number of nitrogens with two attached hydrogens (primary N) is 1. The van der Waals surface area contributed by atoms with Gasteiger partial charge in [-0.05, 0) is 12.1 Å². The van der Waals surface area contributed by atoms with Crippen molar-refractivity contribution in [1.82, 2.24) is 5.43 Å². The minimum atomic E-state index is -4.12. The number of amides is 1. The molecule has 1 aromatic rings. The van der Waals surface area contributed by atoms with Gasteiger partial charge >= 0.3 is 12.0 Å². The Bertz CT molecular complexity index is 415. The minimum absolute atomic E-state index is 0.103. The molecule has 1 rings (SSSR count). The first-order valence-electron chi connectivity index (χ1n) is 3.90. The zero-order chi connectivity index (χ0) is 12.3. The molecule has 0 heterocycles. The van der Waals surface area contributed by atoms with Crippen LogP contribution >= 0.6 is 23.2 Å². The highest BCUT2D eigenvalue weighted by molar-refractivity contribution is 6.34. The molecule has 0 radical (unpaired) electrons. The number of benzene rings is 1. The summed E-state index contributed by atoms with van der Waals surface area (Å²) in [7, 11) is 0. The number of ether oxygens (including phenoxy) is 1. The second-order valence-corrected chi connectivity index (χ2v) is 3.51. The van der Waals surface area contributed by atoms with Crippen molar-refractivity contribution in [3.8, 4) is 5.75 Å². The van der Waals surface area contributed by atoms with Gasteiger partial charge in [-0.3, -0.25) is 10.2 Å². The molecule has 0 aromatic heterocycles. The smallest absolute Gasteiger partial charge is 0.424 e. The highest BCUT2D eigenvalue weighted by atomic mass is 35.5. The summed E-state index contributed by atoms with van der Waals surface area (Å²) < 4.78 is 30.1. The van der Waals surface area contributed by atoms with Crippen molar-refractivity contribution in [2.45, 2.75) is 6.11 Å². The first-order chi connectivity index (χ1) is 7.36. The normalized spacial score (nSPS) is 11.1. The van der Waals surface area contributed by atoms with Crippen LogP contribution in [0.2, 0.25) is 10.0 Å². The summed E-state index contributed by atoms with van der Waals surface area (Å²) in [6.07, 6.45) is -4.12. The highest BCUT2D eigenvalue weighted by Gasteiger charge is 2.42. The molecule has 1 aromatic carbocycles. The number of rotatable bonds is 3. The van der Waals surface area contributed by atoms with Crippen LogP contribution in [0.4, 0.5) is 8.78 Å². The Hall–Kier alpha value is -1.11. The predicted molar refractivity (Wildman–Crippen MR) is 54.4 cm³/mol. The van der Waals surface area contributed by atoms with E-state index in [0.717, 1.165) is 6.07 Å². The van der Waals surface area contributed by atoms with Crippen molar-refractivity contribution in [3.63, 3.8) is 0 Å². The maximum absolute atomic E-state index is 13.0. The molecule has 0 fully saturated rings. The second-order valence-electron chi connectivity index (χ2n) is 2.67. The molecule has 1 amide bonds. The van der Waals surface area contributed by atoms with Crippen molar-refractivity contribution >= 4 is 29.1 Å². The van der Waals surface area contributed by atoms with Gasteiger partial charge in [0.1, 0.15) is 5.75 Å². The van der Waals surface area contributed by atoms with Crippen LogP contribution in [0.5, 0.6) is 5.75 Å². The Morgan fingerprint density at radius 1 is 1.44 bits per heavy atom. The zero-order valence-electron chi connectivity index (χ0n) is 7.64. The molecule has 0 atom stereocenters. The summed E-state index contributed by atoms with van der Waals surface area (Å²) in [5.41, 5.74) is 1.27. The third-order valence-corrected chi connectivity index (χ3v) is 2.07. The van der Waals surface area contributed by atoms with E-state index in [1.165, 1.54) is 17.6 Å². The van der Waals surface area contributed by atoms with Gasteiger partial charge in [0.05, 0.1) is 5.02 Å². The first kappa shape index (κ1) is 13.0. The maximum Gasteiger partial charge on any atom is 0.483 e. The lowest BCUT2D eigenvalue weighted by atomic mass is 10.3. The van der Waals surface area contributed by atoms with Gasteiger partial charge in [0.25, 0.3) is 0 Å². The van der Waals surface area contributed by atoms with Crippen LogP contribution in [0.3, 0.4) is 0 Å². The molecule has 0 aliphatic carbocycles. The Morgan fingerprint density at radius 3 is 2.62 bits per heavy atom. The van der Waals surface area contributed by atoms with Crippen LogP contribution in [0, 0.1) is 0 Å². The van der Waals surface area contributed by atoms with E-state index >= 15 is 0 Å². The van der Waals surface area contributed by atoms with Gasteiger partial charge in [0, 0.05) is 11.1 Å². The van der Waals surface area contributed by atoms with E-state index in [4.69, 9.17) is 23.2 Å². The third kappa shape index (κ3) is 2.94. The molecule has 0 aliphatic rings. The maximum atomic E-state index is 13.0. The Kier molecular flexibility index (Phi) is 3.90. The first-order valence-corrected chi connectivity index (χ1v) is 4.65. The number of alkyl halides is 2. The summed E-state index contributed by atoms with van der Waals surface area (Å²) in [4.78, 5) is 10.6. The lowest BCUT2D eigenvalue weighted by molar-refractivity contribution is -0.192. The molecule has 16 heavy (non-hydrogen) atoms. The molecule has 4 nitrogen and oxygen atoms in total. The monoisotopic (exact) mass is 270 g/mol. The van der Waals surface area contributed by atoms with Crippen LogP contribution in [-0.4, -0.2) is 12.0 Å². The fraction of sp³-hybridized carbons (Fsp3) is 0.125. The average Bonchev–Trinajstić information content (AvgIpc) is 2.22.